The molecule has 0 bridgehead atoms. The highest BCUT2D eigenvalue weighted by molar-refractivity contribution is 5.90. The molecule has 0 radical (unpaired) electrons. The fourth-order valence-corrected chi connectivity index (χ4v) is 3.55. The Kier molecular flexibility index (Phi) is 11.7. The molecule has 12 heteroatoms. The summed E-state index contributed by atoms with van der Waals surface area (Å²) in [5.74, 6) is -0.262. The van der Waals surface area contributed by atoms with Gasteiger partial charge in [-0.1, -0.05) is 25.0 Å². The van der Waals surface area contributed by atoms with Crippen LogP contribution in [0.4, 0.5) is 21.0 Å². The lowest BCUT2D eigenvalue weighted by Crippen LogP contribution is -2.24. The van der Waals surface area contributed by atoms with E-state index in [1.54, 1.807) is 12.1 Å². The molecule has 4 amide bonds. The summed E-state index contributed by atoms with van der Waals surface area (Å²) in [6, 6.07) is 7.30. The molecule has 0 aliphatic rings. The third-order valence-electron chi connectivity index (χ3n) is 5.46. The van der Waals surface area contributed by atoms with E-state index in [1.165, 1.54) is 24.3 Å². The van der Waals surface area contributed by atoms with E-state index in [-0.39, 0.29) is 22.9 Å². The summed E-state index contributed by atoms with van der Waals surface area (Å²) < 4.78 is 0. The van der Waals surface area contributed by atoms with Crippen molar-refractivity contribution in [2.45, 2.75) is 37.9 Å². The molecule has 0 spiro atoms. The Morgan fingerprint density at radius 2 is 1.08 bits per heavy atom. The zero-order chi connectivity index (χ0) is 26.5. The smallest absolute Gasteiger partial charge is 0.316 e. The number of amides is 4. The molecule has 2 unspecified atom stereocenters. The van der Waals surface area contributed by atoms with Crippen molar-refractivity contribution in [2.75, 3.05) is 36.8 Å². The van der Waals surface area contributed by atoms with E-state index in [2.05, 4.69) is 21.3 Å². The minimum Gasteiger partial charge on any atom is -0.506 e. The van der Waals surface area contributed by atoms with Crippen LogP contribution >= 0.6 is 0 Å². The fraction of sp³-hybridized carbons (Fsp3) is 0.417. The van der Waals surface area contributed by atoms with Crippen molar-refractivity contribution in [3.63, 3.8) is 0 Å². The van der Waals surface area contributed by atoms with Crippen LogP contribution in [0.25, 0.3) is 0 Å². The predicted molar refractivity (Wildman–Crippen MR) is 137 cm³/mol. The minimum absolute atomic E-state index is 0.131. The van der Waals surface area contributed by atoms with Crippen molar-refractivity contribution in [3.8, 4) is 11.5 Å². The number of aliphatic hydroxyl groups is 2. The molecule has 2 aromatic carbocycles. The number of hydrogen-bond acceptors (Lipinski definition) is 8. The molecule has 0 aliphatic heterocycles. The highest BCUT2D eigenvalue weighted by atomic mass is 16.3. The van der Waals surface area contributed by atoms with Crippen molar-refractivity contribution in [1.29, 1.82) is 0 Å². The van der Waals surface area contributed by atoms with Gasteiger partial charge in [-0.25, -0.2) is 9.59 Å². The Morgan fingerprint density at radius 1 is 0.694 bits per heavy atom. The summed E-state index contributed by atoms with van der Waals surface area (Å²) in [5, 5.41) is 51.1. The van der Waals surface area contributed by atoms with Crippen molar-refractivity contribution in [2.24, 2.45) is 11.5 Å². The number of nitrogens with two attached hydrogens (primary N) is 2. The van der Waals surface area contributed by atoms with Gasteiger partial charge in [-0.3, -0.25) is 0 Å². The van der Waals surface area contributed by atoms with Gasteiger partial charge in [0.2, 0.25) is 0 Å². The lowest BCUT2D eigenvalue weighted by atomic mass is 10.1. The third-order valence-corrected chi connectivity index (χ3v) is 5.46. The number of hydrogen-bond donors (Lipinski definition) is 10. The average Bonchev–Trinajstić information content (AvgIpc) is 2.82. The standard InChI is InChI=1S/C24H36N6O6/c25-23(35)29-17-11-15(5-7-19(17)31)21(33)13-27-9-3-1-2-4-10-28-14-22(34)16-6-8-20(32)18(12-16)30-24(26)36/h5-8,11-12,21-22,27-28,31-34H,1-4,9-10,13-14H2,(H3,25,29,35)(H3,26,30,36). The average molecular weight is 505 g/mol. The van der Waals surface area contributed by atoms with Gasteiger partial charge in [-0.2, -0.15) is 0 Å². The number of phenols is 2. The van der Waals surface area contributed by atoms with E-state index in [0.29, 0.717) is 24.2 Å². The van der Waals surface area contributed by atoms with E-state index in [9.17, 15) is 30.0 Å². The fourth-order valence-electron chi connectivity index (χ4n) is 3.55. The van der Waals surface area contributed by atoms with E-state index in [4.69, 9.17) is 11.5 Å². The number of carbonyl (C=O) groups excluding carboxylic acids is 2. The van der Waals surface area contributed by atoms with Crippen LogP contribution in [0.2, 0.25) is 0 Å². The Morgan fingerprint density at radius 3 is 1.44 bits per heavy atom. The molecule has 12 nitrogen and oxygen atoms in total. The lowest BCUT2D eigenvalue weighted by Gasteiger charge is -2.15. The molecule has 0 saturated carbocycles. The van der Waals surface area contributed by atoms with Crippen LogP contribution in [0.5, 0.6) is 11.5 Å². The number of aliphatic hydroxyl groups excluding tert-OH is 2. The SMILES string of the molecule is NC(=O)Nc1cc(C(O)CNCCCCCCNCC(O)c2ccc(O)c(NC(N)=O)c2)ccc1O. The van der Waals surface area contributed by atoms with Crippen LogP contribution in [0.1, 0.15) is 49.0 Å². The first kappa shape index (κ1) is 28.7. The zero-order valence-electron chi connectivity index (χ0n) is 20.0. The second kappa shape index (κ2) is 14.7. The number of benzene rings is 2. The van der Waals surface area contributed by atoms with Crippen molar-refractivity contribution < 1.29 is 30.0 Å². The number of anilines is 2. The number of aromatic hydroxyl groups is 2. The van der Waals surface area contributed by atoms with Gasteiger partial charge in [-0.05, 0) is 61.3 Å². The molecule has 198 valence electrons. The molecular formula is C24H36N6O6. The van der Waals surface area contributed by atoms with E-state index in [1.807, 2.05) is 0 Å². The van der Waals surface area contributed by atoms with Gasteiger partial charge in [0, 0.05) is 13.1 Å². The van der Waals surface area contributed by atoms with Crippen LogP contribution in [0.15, 0.2) is 36.4 Å². The molecule has 0 aliphatic carbocycles. The molecule has 0 heterocycles. The van der Waals surface area contributed by atoms with Crippen LogP contribution in [-0.4, -0.2) is 58.7 Å². The predicted octanol–water partition coefficient (Wildman–Crippen LogP) is 1.59. The number of nitrogens with one attached hydrogen (secondary N) is 4. The summed E-state index contributed by atoms with van der Waals surface area (Å²) >= 11 is 0. The highest BCUT2D eigenvalue weighted by Gasteiger charge is 2.12. The maximum Gasteiger partial charge on any atom is 0.316 e. The monoisotopic (exact) mass is 504 g/mol. The number of rotatable bonds is 15. The quantitative estimate of drug-likeness (QED) is 0.127. The van der Waals surface area contributed by atoms with Gasteiger partial charge in [0.25, 0.3) is 0 Å². The summed E-state index contributed by atoms with van der Waals surface area (Å²) in [6.45, 7) is 2.12. The molecule has 2 atom stereocenters. The molecule has 12 N–H and O–H groups in total. The van der Waals surface area contributed by atoms with Gasteiger partial charge >= 0.3 is 12.1 Å². The first-order valence-corrected chi connectivity index (χ1v) is 11.7. The number of phenolic OH excluding ortho intramolecular Hbond substituents is 2. The maximum atomic E-state index is 11.0. The third kappa shape index (κ3) is 9.96. The molecule has 36 heavy (non-hydrogen) atoms. The zero-order valence-corrected chi connectivity index (χ0v) is 20.0. The van der Waals surface area contributed by atoms with Crippen molar-refractivity contribution in [1.82, 2.24) is 10.6 Å². The Labute approximate surface area is 209 Å². The van der Waals surface area contributed by atoms with Crippen molar-refractivity contribution >= 4 is 23.4 Å². The number of carbonyl (C=O) groups is 2. The number of urea groups is 2. The van der Waals surface area contributed by atoms with Crippen LogP contribution in [0.3, 0.4) is 0 Å². The van der Waals surface area contributed by atoms with E-state index >= 15 is 0 Å². The number of primary amides is 2. The van der Waals surface area contributed by atoms with Crippen molar-refractivity contribution in [3.05, 3.63) is 47.5 Å². The summed E-state index contributed by atoms with van der Waals surface area (Å²) in [7, 11) is 0. The minimum atomic E-state index is -0.800. The summed E-state index contributed by atoms with van der Waals surface area (Å²) in [5.41, 5.74) is 11.5. The molecule has 2 aromatic rings. The van der Waals surface area contributed by atoms with Crippen LogP contribution in [0, 0.1) is 0 Å². The second-order valence-corrected chi connectivity index (χ2v) is 8.39. The highest BCUT2D eigenvalue weighted by Crippen LogP contribution is 2.28. The second-order valence-electron chi connectivity index (χ2n) is 8.39. The normalized spacial score (nSPS) is 12.6. The molecule has 2 rings (SSSR count). The Balaban J connectivity index is 1.56. The Bertz CT molecular complexity index is 926. The largest absolute Gasteiger partial charge is 0.506 e. The topological polar surface area (TPSA) is 215 Å². The number of unbranched alkanes of at least 4 members (excludes halogenated alkanes) is 3. The van der Waals surface area contributed by atoms with E-state index in [0.717, 1.165) is 38.8 Å². The molecular weight excluding hydrogens is 468 g/mol. The van der Waals surface area contributed by atoms with Crippen LogP contribution < -0.4 is 32.7 Å². The lowest BCUT2D eigenvalue weighted by molar-refractivity contribution is 0.174. The van der Waals surface area contributed by atoms with E-state index < -0.39 is 24.3 Å². The molecule has 0 fully saturated rings. The van der Waals surface area contributed by atoms with Gasteiger partial charge in [0.1, 0.15) is 11.5 Å². The first-order chi connectivity index (χ1) is 17.2. The summed E-state index contributed by atoms with van der Waals surface area (Å²) in [4.78, 5) is 22.0. The van der Waals surface area contributed by atoms with Crippen LogP contribution in [-0.2, 0) is 0 Å². The van der Waals surface area contributed by atoms with Gasteiger partial charge in [0.15, 0.2) is 0 Å². The van der Waals surface area contributed by atoms with Gasteiger partial charge in [0.05, 0.1) is 23.6 Å². The maximum absolute atomic E-state index is 11.0. The van der Waals surface area contributed by atoms with Gasteiger partial charge < -0.3 is 53.2 Å². The molecule has 0 saturated heterocycles. The van der Waals surface area contributed by atoms with Gasteiger partial charge in [-0.15, -0.1) is 0 Å². The molecule has 0 aromatic heterocycles. The summed E-state index contributed by atoms with van der Waals surface area (Å²) in [6.07, 6.45) is 2.26. The Hall–Kier alpha value is -3.58. The first-order valence-electron chi connectivity index (χ1n) is 11.7.